The number of nitrogen functional groups attached to an aromatic ring is 1. The van der Waals surface area contributed by atoms with Gasteiger partial charge in [-0.15, -0.1) is 0 Å². The fourth-order valence-corrected chi connectivity index (χ4v) is 2.79. The molecule has 7 nitrogen and oxygen atoms in total. The lowest BCUT2D eigenvalue weighted by molar-refractivity contribution is 0.301. The standard InChI is InChI=1S/C14H21N7/c1-21-8-2-3-10(21)4-6-16-14-17-7-5-12(19-14)11-9-18-20-13(11)15/h5,7,9-10H,2-4,6,8H2,1H3,(H3,15,18,20)(H,16,17,19). The second-order valence-electron chi connectivity index (χ2n) is 5.45. The van der Waals surface area contributed by atoms with Gasteiger partial charge in [0.25, 0.3) is 0 Å². The maximum Gasteiger partial charge on any atom is 0.223 e. The van der Waals surface area contributed by atoms with E-state index in [0.717, 1.165) is 24.2 Å². The van der Waals surface area contributed by atoms with E-state index in [1.165, 1.54) is 19.4 Å². The maximum atomic E-state index is 5.82. The highest BCUT2D eigenvalue weighted by Gasteiger charge is 2.20. The van der Waals surface area contributed by atoms with Gasteiger partial charge in [0.05, 0.1) is 17.5 Å². The van der Waals surface area contributed by atoms with Gasteiger partial charge in [-0.25, -0.2) is 9.97 Å². The van der Waals surface area contributed by atoms with Crippen molar-refractivity contribution in [3.8, 4) is 11.3 Å². The highest BCUT2D eigenvalue weighted by atomic mass is 15.2. The lowest BCUT2D eigenvalue weighted by Crippen LogP contribution is -2.27. The van der Waals surface area contributed by atoms with Gasteiger partial charge in [-0.2, -0.15) is 5.10 Å². The van der Waals surface area contributed by atoms with E-state index in [1.54, 1.807) is 12.4 Å². The molecule has 7 heteroatoms. The van der Waals surface area contributed by atoms with E-state index in [9.17, 15) is 0 Å². The number of hydrogen-bond acceptors (Lipinski definition) is 6. The van der Waals surface area contributed by atoms with Crippen LogP contribution in [0, 0.1) is 0 Å². The van der Waals surface area contributed by atoms with Crippen LogP contribution in [0.1, 0.15) is 19.3 Å². The molecule has 4 N–H and O–H groups in total. The van der Waals surface area contributed by atoms with Gasteiger partial charge in [-0.3, -0.25) is 5.10 Å². The van der Waals surface area contributed by atoms with Crippen LogP contribution in [0.5, 0.6) is 0 Å². The number of nitrogens with zero attached hydrogens (tertiary/aromatic N) is 4. The molecule has 1 unspecified atom stereocenters. The van der Waals surface area contributed by atoms with Crippen molar-refractivity contribution < 1.29 is 0 Å². The molecule has 1 fully saturated rings. The van der Waals surface area contributed by atoms with Gasteiger partial charge in [0.15, 0.2) is 0 Å². The molecule has 0 spiro atoms. The van der Waals surface area contributed by atoms with Crippen LogP contribution in [0.15, 0.2) is 18.5 Å². The molecule has 0 radical (unpaired) electrons. The van der Waals surface area contributed by atoms with Gasteiger partial charge in [0.2, 0.25) is 5.95 Å². The van der Waals surface area contributed by atoms with Crippen LogP contribution in [-0.4, -0.2) is 51.2 Å². The van der Waals surface area contributed by atoms with E-state index in [4.69, 9.17) is 5.73 Å². The van der Waals surface area contributed by atoms with Gasteiger partial charge in [-0.1, -0.05) is 0 Å². The Morgan fingerprint density at radius 1 is 1.52 bits per heavy atom. The zero-order chi connectivity index (χ0) is 14.7. The van der Waals surface area contributed by atoms with Crippen molar-refractivity contribution >= 4 is 11.8 Å². The minimum atomic E-state index is 0.521. The maximum absolute atomic E-state index is 5.82. The van der Waals surface area contributed by atoms with Gasteiger partial charge >= 0.3 is 0 Å². The molecular formula is C14H21N7. The first-order valence-corrected chi connectivity index (χ1v) is 7.30. The number of anilines is 2. The molecule has 112 valence electrons. The van der Waals surface area contributed by atoms with Crippen LogP contribution in [0.3, 0.4) is 0 Å². The van der Waals surface area contributed by atoms with Gasteiger partial charge in [-0.05, 0) is 38.9 Å². The largest absolute Gasteiger partial charge is 0.384 e. The molecule has 3 heterocycles. The first-order chi connectivity index (χ1) is 10.2. The highest BCUT2D eigenvalue weighted by Crippen LogP contribution is 2.22. The summed E-state index contributed by atoms with van der Waals surface area (Å²) in [6, 6.07) is 2.50. The van der Waals surface area contributed by atoms with Crippen molar-refractivity contribution in [2.75, 3.05) is 31.2 Å². The van der Waals surface area contributed by atoms with Crippen LogP contribution in [-0.2, 0) is 0 Å². The Labute approximate surface area is 124 Å². The monoisotopic (exact) mass is 287 g/mol. The van der Waals surface area contributed by atoms with Crippen LogP contribution in [0.25, 0.3) is 11.3 Å². The van der Waals surface area contributed by atoms with Crippen LogP contribution < -0.4 is 11.1 Å². The van der Waals surface area contributed by atoms with Crippen molar-refractivity contribution in [1.82, 2.24) is 25.1 Å². The number of aromatic nitrogens is 4. The molecule has 1 aliphatic rings. The third-order valence-electron chi connectivity index (χ3n) is 4.03. The van der Waals surface area contributed by atoms with Crippen molar-refractivity contribution in [3.05, 3.63) is 18.5 Å². The molecule has 1 saturated heterocycles. The summed E-state index contributed by atoms with van der Waals surface area (Å²) in [7, 11) is 2.19. The summed E-state index contributed by atoms with van der Waals surface area (Å²) in [5, 5.41) is 9.92. The zero-order valence-corrected chi connectivity index (χ0v) is 12.2. The minimum absolute atomic E-state index is 0.521. The van der Waals surface area contributed by atoms with E-state index >= 15 is 0 Å². The predicted molar refractivity (Wildman–Crippen MR) is 82.8 cm³/mol. The third-order valence-corrected chi connectivity index (χ3v) is 4.03. The normalized spacial score (nSPS) is 19.0. The van der Waals surface area contributed by atoms with E-state index in [0.29, 0.717) is 17.8 Å². The summed E-state index contributed by atoms with van der Waals surface area (Å²) < 4.78 is 0. The van der Waals surface area contributed by atoms with Gasteiger partial charge in [0, 0.05) is 18.8 Å². The molecule has 2 aromatic rings. The summed E-state index contributed by atoms with van der Waals surface area (Å²) in [6.45, 7) is 2.08. The fraction of sp³-hybridized carbons (Fsp3) is 0.500. The molecule has 0 amide bonds. The second kappa shape index (κ2) is 6.09. The average Bonchev–Trinajstić information content (AvgIpc) is 3.08. The summed E-state index contributed by atoms with van der Waals surface area (Å²) in [5.74, 6) is 1.15. The number of hydrogen-bond donors (Lipinski definition) is 3. The molecule has 0 bridgehead atoms. The Hall–Kier alpha value is -2.15. The van der Waals surface area contributed by atoms with Crippen molar-refractivity contribution in [3.63, 3.8) is 0 Å². The number of rotatable bonds is 5. The summed E-state index contributed by atoms with van der Waals surface area (Å²) >= 11 is 0. The van der Waals surface area contributed by atoms with Crippen LogP contribution in [0.2, 0.25) is 0 Å². The molecule has 3 rings (SSSR count). The first-order valence-electron chi connectivity index (χ1n) is 7.30. The predicted octanol–water partition coefficient (Wildman–Crippen LogP) is 1.35. The molecule has 0 aliphatic carbocycles. The lowest BCUT2D eigenvalue weighted by Gasteiger charge is -2.19. The number of likely N-dealkylation sites (tertiary alicyclic amines) is 1. The SMILES string of the molecule is CN1CCCC1CCNc1nccc(-c2cn[nH]c2N)n1. The van der Waals surface area contributed by atoms with Crippen LogP contribution in [0.4, 0.5) is 11.8 Å². The fourth-order valence-electron chi connectivity index (χ4n) is 2.79. The minimum Gasteiger partial charge on any atom is -0.384 e. The Morgan fingerprint density at radius 3 is 3.14 bits per heavy atom. The summed E-state index contributed by atoms with van der Waals surface area (Å²) in [4.78, 5) is 11.2. The Kier molecular flexibility index (Phi) is 4.01. The quantitative estimate of drug-likeness (QED) is 0.768. The van der Waals surface area contributed by atoms with E-state index < -0.39 is 0 Å². The van der Waals surface area contributed by atoms with Crippen LogP contribution >= 0.6 is 0 Å². The Bertz CT molecular complexity index is 595. The van der Waals surface area contributed by atoms with E-state index in [1.807, 2.05) is 6.07 Å². The Morgan fingerprint density at radius 2 is 2.43 bits per heavy atom. The smallest absolute Gasteiger partial charge is 0.223 e. The highest BCUT2D eigenvalue weighted by molar-refractivity contribution is 5.70. The van der Waals surface area contributed by atoms with E-state index in [2.05, 4.69) is 37.4 Å². The van der Waals surface area contributed by atoms with Crippen molar-refractivity contribution in [2.24, 2.45) is 0 Å². The van der Waals surface area contributed by atoms with Gasteiger partial charge < -0.3 is 16.0 Å². The molecule has 21 heavy (non-hydrogen) atoms. The Balaban J connectivity index is 1.60. The average molecular weight is 287 g/mol. The number of nitrogens with one attached hydrogen (secondary N) is 2. The molecule has 2 aromatic heterocycles. The van der Waals surface area contributed by atoms with Crippen molar-refractivity contribution in [1.29, 1.82) is 0 Å². The molecule has 0 aromatic carbocycles. The van der Waals surface area contributed by atoms with Gasteiger partial charge in [0.1, 0.15) is 5.82 Å². The molecule has 1 atom stereocenters. The molecule has 1 aliphatic heterocycles. The molecular weight excluding hydrogens is 266 g/mol. The van der Waals surface area contributed by atoms with Crippen molar-refractivity contribution in [2.45, 2.75) is 25.3 Å². The van der Waals surface area contributed by atoms with E-state index in [-0.39, 0.29) is 0 Å². The number of H-pyrrole nitrogens is 1. The summed E-state index contributed by atoms with van der Waals surface area (Å²) in [6.07, 6.45) is 7.10. The second-order valence-corrected chi connectivity index (χ2v) is 5.45. The zero-order valence-electron chi connectivity index (χ0n) is 12.2. The topological polar surface area (TPSA) is 95.8 Å². The first kappa shape index (κ1) is 13.8. The number of nitrogens with two attached hydrogens (primary N) is 1. The lowest BCUT2D eigenvalue weighted by atomic mass is 10.1. The molecule has 0 saturated carbocycles. The number of aromatic amines is 1. The third kappa shape index (κ3) is 3.13. The summed E-state index contributed by atoms with van der Waals surface area (Å²) in [5.41, 5.74) is 7.39.